The molecular weight excluding hydrogens is 520 g/mol. The van der Waals surface area contributed by atoms with Crippen LogP contribution in [0.3, 0.4) is 0 Å². The van der Waals surface area contributed by atoms with E-state index >= 15 is 0 Å². The fourth-order valence-electron chi connectivity index (χ4n) is 3.58. The number of nitrogens with one attached hydrogen (secondary N) is 4. The van der Waals surface area contributed by atoms with E-state index < -0.39 is 72.6 Å². The van der Waals surface area contributed by atoms with Gasteiger partial charge in [-0.1, -0.05) is 18.2 Å². The molecule has 0 aliphatic carbocycles. The number of hydrogen-bond donors (Lipinski definition) is 9. The van der Waals surface area contributed by atoms with E-state index in [1.807, 2.05) is 0 Å². The van der Waals surface area contributed by atoms with Crippen molar-refractivity contribution in [3.8, 4) is 0 Å². The number of amides is 4. The number of hydrogen-bond acceptors (Lipinski definition) is 8. The Kier molecular flexibility index (Phi) is 11.1. The first-order valence-corrected chi connectivity index (χ1v) is 12.1. The molecule has 0 saturated heterocycles. The molecule has 15 heteroatoms. The predicted molar refractivity (Wildman–Crippen MR) is 138 cm³/mol. The molecule has 0 spiro atoms. The van der Waals surface area contributed by atoms with Crippen LogP contribution in [0, 0.1) is 0 Å². The van der Waals surface area contributed by atoms with Gasteiger partial charge in [-0.3, -0.25) is 24.0 Å². The highest BCUT2D eigenvalue weighted by molar-refractivity contribution is 7.80. The zero-order valence-corrected chi connectivity index (χ0v) is 21.1. The van der Waals surface area contributed by atoms with Gasteiger partial charge in [-0.25, -0.2) is 4.79 Å². The van der Waals surface area contributed by atoms with Gasteiger partial charge in [0.1, 0.15) is 18.1 Å². The number of aliphatic carboxylic acids is 2. The molecule has 0 aliphatic heterocycles. The Labute approximate surface area is 222 Å². The Bertz CT molecular complexity index is 1200. The molecule has 0 saturated carbocycles. The van der Waals surface area contributed by atoms with E-state index in [4.69, 9.17) is 16.6 Å². The van der Waals surface area contributed by atoms with Crippen LogP contribution in [0.5, 0.6) is 0 Å². The van der Waals surface area contributed by atoms with E-state index in [-0.39, 0.29) is 18.6 Å². The number of primary amides is 1. The second kappa shape index (κ2) is 14.0. The molecule has 0 radical (unpaired) electrons. The summed E-state index contributed by atoms with van der Waals surface area (Å²) in [5, 5.41) is 26.2. The summed E-state index contributed by atoms with van der Waals surface area (Å²) in [5.74, 6) is -6.32. The summed E-state index contributed by atoms with van der Waals surface area (Å²) < 4.78 is 0. The molecule has 1 heterocycles. The molecule has 2 rings (SSSR count). The molecule has 2 aromatic rings. The van der Waals surface area contributed by atoms with Gasteiger partial charge in [0.2, 0.25) is 23.6 Å². The molecule has 10 N–H and O–H groups in total. The minimum absolute atomic E-state index is 0.0682. The average Bonchev–Trinajstić information content (AvgIpc) is 3.26. The molecule has 0 aliphatic rings. The van der Waals surface area contributed by atoms with Crippen molar-refractivity contribution in [3.05, 3.63) is 36.0 Å². The van der Waals surface area contributed by atoms with Crippen LogP contribution in [0.4, 0.5) is 0 Å². The van der Waals surface area contributed by atoms with Crippen LogP contribution < -0.4 is 27.4 Å². The van der Waals surface area contributed by atoms with Crippen LogP contribution in [0.15, 0.2) is 30.5 Å². The van der Waals surface area contributed by atoms with Gasteiger partial charge in [-0.05, 0) is 18.1 Å². The lowest BCUT2D eigenvalue weighted by molar-refractivity contribution is -0.141. The maximum Gasteiger partial charge on any atom is 0.327 e. The Hall–Kier alpha value is -4.11. The number of nitrogens with two attached hydrogens (primary N) is 2. The van der Waals surface area contributed by atoms with Crippen molar-refractivity contribution in [2.75, 3.05) is 5.75 Å². The Morgan fingerprint density at radius 1 is 0.921 bits per heavy atom. The number of aromatic nitrogens is 1. The lowest BCUT2D eigenvalue weighted by atomic mass is 10.0. The van der Waals surface area contributed by atoms with E-state index in [1.165, 1.54) is 0 Å². The van der Waals surface area contributed by atoms with Gasteiger partial charge in [0.25, 0.3) is 0 Å². The van der Waals surface area contributed by atoms with Gasteiger partial charge in [-0.15, -0.1) is 0 Å². The predicted octanol–water partition coefficient (Wildman–Crippen LogP) is -1.75. The maximum atomic E-state index is 13.2. The SMILES string of the molecule is NC(=O)CC(N)C(=O)NC(CCC(=O)O)C(=O)NC(Cc1c[nH]c2ccccc12)C(=O)NC(CS)C(=O)O. The number of aromatic amines is 1. The number of carbonyl (C=O) groups excluding carboxylic acids is 4. The third-order valence-corrected chi connectivity index (χ3v) is 5.93. The van der Waals surface area contributed by atoms with E-state index in [1.54, 1.807) is 30.5 Å². The molecule has 1 aromatic carbocycles. The second-order valence-corrected chi connectivity index (χ2v) is 8.84. The van der Waals surface area contributed by atoms with Crippen LogP contribution in [0.2, 0.25) is 0 Å². The first-order valence-electron chi connectivity index (χ1n) is 11.5. The second-order valence-electron chi connectivity index (χ2n) is 8.48. The van der Waals surface area contributed by atoms with Gasteiger partial charge < -0.3 is 42.6 Å². The van der Waals surface area contributed by atoms with E-state index in [9.17, 15) is 33.9 Å². The van der Waals surface area contributed by atoms with Gasteiger partial charge in [0.15, 0.2) is 0 Å². The molecule has 0 fully saturated rings. The number of rotatable bonds is 15. The number of carboxylic acid groups (broad SMARTS) is 2. The summed E-state index contributed by atoms with van der Waals surface area (Å²) in [6.07, 6.45) is 0.193. The molecular formula is C23H30N6O8S. The van der Waals surface area contributed by atoms with Crippen LogP contribution in [-0.2, 0) is 35.2 Å². The molecule has 1 aromatic heterocycles. The van der Waals surface area contributed by atoms with Crippen molar-refractivity contribution in [1.82, 2.24) is 20.9 Å². The number of thiol groups is 1. The molecule has 14 nitrogen and oxygen atoms in total. The molecule has 206 valence electrons. The molecule has 38 heavy (non-hydrogen) atoms. The number of carbonyl (C=O) groups is 6. The van der Waals surface area contributed by atoms with E-state index in [2.05, 4.69) is 33.6 Å². The topological polar surface area (TPSA) is 247 Å². The van der Waals surface area contributed by atoms with E-state index in [0.29, 0.717) is 5.56 Å². The van der Waals surface area contributed by atoms with Crippen molar-refractivity contribution in [1.29, 1.82) is 0 Å². The summed E-state index contributed by atoms with van der Waals surface area (Å²) in [7, 11) is 0. The molecule has 0 bridgehead atoms. The minimum Gasteiger partial charge on any atom is -0.481 e. The third kappa shape index (κ3) is 8.77. The summed E-state index contributed by atoms with van der Waals surface area (Å²) >= 11 is 3.93. The number of para-hydroxylation sites is 1. The highest BCUT2D eigenvalue weighted by Crippen LogP contribution is 2.19. The Morgan fingerprint density at radius 3 is 2.13 bits per heavy atom. The van der Waals surface area contributed by atoms with Gasteiger partial charge >= 0.3 is 11.9 Å². The third-order valence-electron chi connectivity index (χ3n) is 5.57. The minimum atomic E-state index is -1.43. The van der Waals surface area contributed by atoms with Gasteiger partial charge in [0, 0.05) is 35.7 Å². The van der Waals surface area contributed by atoms with Crippen molar-refractivity contribution >= 4 is 59.1 Å². The smallest absolute Gasteiger partial charge is 0.327 e. The zero-order chi connectivity index (χ0) is 28.4. The van der Waals surface area contributed by atoms with Crippen molar-refractivity contribution in [2.45, 2.75) is 49.9 Å². The fraction of sp³-hybridized carbons (Fsp3) is 0.391. The van der Waals surface area contributed by atoms with Crippen molar-refractivity contribution in [3.63, 3.8) is 0 Å². The normalized spacial score (nSPS) is 14.1. The highest BCUT2D eigenvalue weighted by Gasteiger charge is 2.31. The van der Waals surface area contributed by atoms with Crippen molar-refractivity contribution in [2.24, 2.45) is 11.5 Å². The Balaban J connectivity index is 2.31. The summed E-state index contributed by atoms with van der Waals surface area (Å²) in [6, 6.07) is 1.71. The highest BCUT2D eigenvalue weighted by atomic mass is 32.1. The summed E-state index contributed by atoms with van der Waals surface area (Å²) in [4.78, 5) is 75.3. The van der Waals surface area contributed by atoms with Crippen LogP contribution in [0.25, 0.3) is 10.9 Å². The van der Waals surface area contributed by atoms with Crippen molar-refractivity contribution < 1.29 is 39.0 Å². The molecule has 4 atom stereocenters. The number of carboxylic acids is 2. The first-order chi connectivity index (χ1) is 17.9. The lowest BCUT2D eigenvalue weighted by Crippen LogP contribution is -2.58. The Morgan fingerprint density at radius 2 is 1.53 bits per heavy atom. The number of H-pyrrole nitrogens is 1. The maximum absolute atomic E-state index is 13.2. The number of fused-ring (bicyclic) bond motifs is 1. The van der Waals surface area contributed by atoms with Crippen LogP contribution >= 0.6 is 12.6 Å². The largest absolute Gasteiger partial charge is 0.481 e. The summed E-state index contributed by atoms with van der Waals surface area (Å²) in [6.45, 7) is 0. The zero-order valence-electron chi connectivity index (χ0n) is 20.2. The van der Waals surface area contributed by atoms with Crippen LogP contribution in [-0.4, -0.2) is 80.7 Å². The first kappa shape index (κ1) is 30.1. The van der Waals surface area contributed by atoms with E-state index in [0.717, 1.165) is 10.9 Å². The average molecular weight is 551 g/mol. The quantitative estimate of drug-likeness (QED) is 0.114. The molecule has 4 amide bonds. The van der Waals surface area contributed by atoms with Gasteiger partial charge in [0.05, 0.1) is 12.5 Å². The van der Waals surface area contributed by atoms with Crippen LogP contribution in [0.1, 0.15) is 24.8 Å². The number of benzene rings is 1. The van der Waals surface area contributed by atoms with Gasteiger partial charge in [-0.2, -0.15) is 12.6 Å². The monoisotopic (exact) mass is 550 g/mol. The molecule has 4 unspecified atom stereocenters. The summed E-state index contributed by atoms with van der Waals surface area (Å²) in [5.41, 5.74) is 12.1. The fourth-order valence-corrected chi connectivity index (χ4v) is 3.83. The standard InChI is InChI=1S/C23H30N6O8S/c24-13(8-18(25)30)20(33)27-15(5-6-19(31)32)21(34)28-16(22(35)29-17(10-38)23(36)37)7-11-9-26-14-4-2-1-3-12(11)14/h1-4,9,13,15-17,26,38H,5-8,10,24H2,(H2,25,30)(H,27,33)(H,28,34)(H,29,35)(H,31,32)(H,36,37). The lowest BCUT2D eigenvalue weighted by Gasteiger charge is -2.24.